The van der Waals surface area contributed by atoms with E-state index in [4.69, 9.17) is 4.52 Å². The lowest BCUT2D eigenvalue weighted by Gasteiger charge is -2.02. The van der Waals surface area contributed by atoms with Crippen LogP contribution in [0.3, 0.4) is 0 Å². The largest absolute Gasteiger partial charge is 0.339 e. The van der Waals surface area contributed by atoms with E-state index >= 15 is 0 Å². The van der Waals surface area contributed by atoms with Crippen molar-refractivity contribution in [1.82, 2.24) is 15.1 Å². The van der Waals surface area contributed by atoms with E-state index in [9.17, 15) is 8.42 Å². The molecule has 3 rings (SSSR count). The van der Waals surface area contributed by atoms with Gasteiger partial charge in [-0.15, -0.1) is 0 Å². The van der Waals surface area contributed by atoms with E-state index in [1.54, 1.807) is 6.07 Å². The molecule has 6 nitrogen and oxygen atoms in total. The fourth-order valence-electron chi connectivity index (χ4n) is 2.38. The van der Waals surface area contributed by atoms with E-state index in [-0.39, 0.29) is 16.4 Å². The van der Waals surface area contributed by atoms with Gasteiger partial charge in [0.05, 0.1) is 4.90 Å². The molecule has 0 radical (unpaired) electrons. The summed E-state index contributed by atoms with van der Waals surface area (Å²) in [6.07, 6.45) is 9.76. The van der Waals surface area contributed by atoms with Crippen molar-refractivity contribution < 1.29 is 12.9 Å². The van der Waals surface area contributed by atoms with Crippen LogP contribution in [0.5, 0.6) is 0 Å². The van der Waals surface area contributed by atoms with Crippen molar-refractivity contribution in [3.63, 3.8) is 0 Å². The van der Waals surface area contributed by atoms with Gasteiger partial charge in [0.1, 0.15) is 5.69 Å². The van der Waals surface area contributed by atoms with Crippen molar-refractivity contribution in [2.75, 3.05) is 6.26 Å². The summed E-state index contributed by atoms with van der Waals surface area (Å²) >= 11 is 0. The third-order valence-electron chi connectivity index (χ3n) is 3.40. The summed E-state index contributed by atoms with van der Waals surface area (Å²) < 4.78 is 28.8. The van der Waals surface area contributed by atoms with Crippen molar-refractivity contribution in [2.24, 2.45) is 5.92 Å². The second-order valence-corrected chi connectivity index (χ2v) is 7.09. The summed E-state index contributed by atoms with van der Waals surface area (Å²) in [5.74, 6) is 1.14. The minimum atomic E-state index is -3.39. The number of rotatable bonds is 4. The Balaban J connectivity index is 1.91. The highest BCUT2D eigenvalue weighted by Gasteiger charge is 2.21. The molecule has 0 amide bonds. The van der Waals surface area contributed by atoms with Crippen molar-refractivity contribution in [2.45, 2.75) is 24.2 Å². The van der Waals surface area contributed by atoms with Crippen LogP contribution in [0, 0.1) is 5.92 Å². The predicted octanol–water partition coefficient (Wildman–Crippen LogP) is 2.04. The lowest BCUT2D eigenvalue weighted by molar-refractivity contribution is 0.364. The zero-order valence-corrected chi connectivity index (χ0v) is 12.4. The summed E-state index contributed by atoms with van der Waals surface area (Å²) in [4.78, 5) is 8.47. The third-order valence-corrected chi connectivity index (χ3v) is 4.53. The van der Waals surface area contributed by atoms with Crippen molar-refractivity contribution >= 4 is 9.84 Å². The predicted molar refractivity (Wildman–Crippen MR) is 76.2 cm³/mol. The Morgan fingerprint density at radius 1 is 1.43 bits per heavy atom. The summed E-state index contributed by atoms with van der Waals surface area (Å²) in [6, 6.07) is 3.07. The molecular formula is C14H15N3O3S. The van der Waals surface area contributed by atoms with Gasteiger partial charge in [0.15, 0.2) is 9.84 Å². The molecule has 21 heavy (non-hydrogen) atoms. The highest BCUT2D eigenvalue weighted by Crippen LogP contribution is 2.25. The van der Waals surface area contributed by atoms with E-state index in [1.807, 2.05) is 0 Å². The van der Waals surface area contributed by atoms with Crippen LogP contribution in [0.4, 0.5) is 0 Å². The van der Waals surface area contributed by atoms with Gasteiger partial charge >= 0.3 is 0 Å². The monoisotopic (exact) mass is 305 g/mol. The van der Waals surface area contributed by atoms with Crippen LogP contribution in [0.15, 0.2) is 39.9 Å². The lowest BCUT2D eigenvalue weighted by atomic mass is 10.1. The molecule has 0 fully saturated rings. The highest BCUT2D eigenvalue weighted by atomic mass is 32.2. The Labute approximate surface area is 122 Å². The molecule has 0 saturated carbocycles. The summed E-state index contributed by atoms with van der Waals surface area (Å²) in [5.41, 5.74) is 0.233. The smallest absolute Gasteiger partial charge is 0.227 e. The number of hydrogen-bond acceptors (Lipinski definition) is 6. The first-order valence-electron chi connectivity index (χ1n) is 6.69. The quantitative estimate of drug-likeness (QED) is 0.803. The minimum absolute atomic E-state index is 0.109. The topological polar surface area (TPSA) is 86.0 Å². The zero-order chi connectivity index (χ0) is 14.9. The Kier molecular flexibility index (Phi) is 3.59. The molecule has 0 N–H and O–H groups in total. The standard InChI is InChI=1S/C14H15N3O3S/c1-21(18,19)11-7-4-8-15-13(11)14-16-12(20-17-14)9-10-5-2-3-6-10/h2,4-5,7-8,10H,3,6,9H2,1H3. The first-order chi connectivity index (χ1) is 10.0. The van der Waals surface area contributed by atoms with Crippen molar-refractivity contribution in [3.8, 4) is 11.5 Å². The first-order valence-corrected chi connectivity index (χ1v) is 8.58. The van der Waals surface area contributed by atoms with E-state index in [0.717, 1.165) is 19.1 Å². The molecule has 7 heteroatoms. The molecule has 0 bridgehead atoms. The Morgan fingerprint density at radius 3 is 3.00 bits per heavy atom. The third kappa shape index (κ3) is 3.02. The Morgan fingerprint density at radius 2 is 2.29 bits per heavy atom. The molecule has 110 valence electrons. The zero-order valence-electron chi connectivity index (χ0n) is 11.6. The normalized spacial score (nSPS) is 18.2. The lowest BCUT2D eigenvalue weighted by Crippen LogP contribution is -2.02. The average Bonchev–Trinajstić information content (AvgIpc) is 3.10. The van der Waals surface area contributed by atoms with Gasteiger partial charge in [0, 0.05) is 18.9 Å². The van der Waals surface area contributed by atoms with Crippen LogP contribution < -0.4 is 0 Å². The maximum Gasteiger partial charge on any atom is 0.227 e. The number of pyridine rings is 1. The summed E-state index contributed by atoms with van der Waals surface area (Å²) in [7, 11) is -3.39. The summed E-state index contributed by atoms with van der Waals surface area (Å²) in [5, 5.41) is 3.87. The number of sulfone groups is 1. The maximum atomic E-state index is 11.8. The molecule has 2 aromatic heterocycles. The van der Waals surface area contributed by atoms with E-state index in [1.165, 1.54) is 12.3 Å². The van der Waals surface area contributed by atoms with Gasteiger partial charge in [-0.05, 0) is 30.9 Å². The number of nitrogens with zero attached hydrogens (tertiary/aromatic N) is 3. The van der Waals surface area contributed by atoms with Gasteiger partial charge in [-0.2, -0.15) is 4.98 Å². The number of aromatic nitrogens is 3. The maximum absolute atomic E-state index is 11.8. The van der Waals surface area contributed by atoms with E-state index in [2.05, 4.69) is 27.3 Å². The van der Waals surface area contributed by atoms with Crippen molar-refractivity contribution in [3.05, 3.63) is 36.4 Å². The molecule has 0 saturated heterocycles. The van der Waals surface area contributed by atoms with Crippen LogP contribution in [0.25, 0.3) is 11.5 Å². The minimum Gasteiger partial charge on any atom is -0.339 e. The van der Waals surface area contributed by atoms with Crippen LogP contribution in [-0.4, -0.2) is 29.8 Å². The molecule has 1 unspecified atom stereocenters. The molecule has 2 heterocycles. The summed E-state index contributed by atoms with van der Waals surface area (Å²) in [6.45, 7) is 0. The average molecular weight is 305 g/mol. The molecule has 0 aliphatic heterocycles. The van der Waals surface area contributed by atoms with Crippen molar-refractivity contribution in [1.29, 1.82) is 0 Å². The van der Waals surface area contributed by atoms with E-state index in [0.29, 0.717) is 18.2 Å². The van der Waals surface area contributed by atoms with Crippen LogP contribution in [0.1, 0.15) is 18.7 Å². The molecule has 1 atom stereocenters. The van der Waals surface area contributed by atoms with Gasteiger partial charge in [0.2, 0.25) is 11.7 Å². The second kappa shape index (κ2) is 5.40. The van der Waals surface area contributed by atoms with Gasteiger partial charge < -0.3 is 4.52 Å². The Hall–Kier alpha value is -2.02. The van der Waals surface area contributed by atoms with Crippen LogP contribution in [0.2, 0.25) is 0 Å². The van der Waals surface area contributed by atoms with E-state index < -0.39 is 9.84 Å². The van der Waals surface area contributed by atoms with Gasteiger partial charge in [-0.3, -0.25) is 4.98 Å². The molecule has 0 aromatic carbocycles. The van der Waals surface area contributed by atoms with Crippen LogP contribution in [-0.2, 0) is 16.3 Å². The molecular weight excluding hydrogens is 290 g/mol. The van der Waals surface area contributed by atoms with Crippen LogP contribution >= 0.6 is 0 Å². The molecule has 1 aliphatic carbocycles. The molecule has 0 spiro atoms. The SMILES string of the molecule is CS(=O)(=O)c1cccnc1-c1noc(CC2C=CCC2)n1. The number of allylic oxidation sites excluding steroid dienone is 2. The second-order valence-electron chi connectivity index (χ2n) is 5.10. The first kappa shape index (κ1) is 13.9. The fourth-order valence-corrected chi connectivity index (χ4v) is 3.20. The van der Waals surface area contributed by atoms with Gasteiger partial charge in [-0.25, -0.2) is 8.42 Å². The van der Waals surface area contributed by atoms with Gasteiger partial charge in [-0.1, -0.05) is 17.3 Å². The Bertz CT molecular complexity index is 780. The fraction of sp³-hybridized carbons (Fsp3) is 0.357. The molecule has 1 aliphatic rings. The highest BCUT2D eigenvalue weighted by molar-refractivity contribution is 7.90. The molecule has 2 aromatic rings. The number of hydrogen-bond donors (Lipinski definition) is 0. The van der Waals surface area contributed by atoms with Gasteiger partial charge in [0.25, 0.3) is 0 Å².